The lowest BCUT2D eigenvalue weighted by Crippen LogP contribution is -2.58. The summed E-state index contributed by atoms with van der Waals surface area (Å²) in [6, 6.07) is 9.95. The van der Waals surface area contributed by atoms with Gasteiger partial charge >= 0.3 is 0 Å². The van der Waals surface area contributed by atoms with E-state index in [4.69, 9.17) is 0 Å². The number of carbonyl (C=O) groups excluding carboxylic acids is 2. The fourth-order valence-electron chi connectivity index (χ4n) is 6.15. The lowest BCUT2D eigenvalue weighted by Gasteiger charge is -2.56. The molecule has 2 amide bonds. The van der Waals surface area contributed by atoms with Gasteiger partial charge < -0.3 is 15.7 Å². The zero-order valence-electron chi connectivity index (χ0n) is 19.7. The van der Waals surface area contributed by atoms with Crippen molar-refractivity contribution in [2.24, 2.45) is 29.1 Å². The Hall–Kier alpha value is -1.88. The van der Waals surface area contributed by atoms with E-state index in [2.05, 4.69) is 24.5 Å². The van der Waals surface area contributed by atoms with E-state index in [-0.39, 0.29) is 53.0 Å². The molecule has 5 nitrogen and oxygen atoms in total. The highest BCUT2D eigenvalue weighted by molar-refractivity contribution is 5.79. The highest BCUT2D eigenvalue weighted by Gasteiger charge is 2.53. The second-order valence-corrected chi connectivity index (χ2v) is 10.6. The minimum atomic E-state index is -0.532. The number of aliphatic hydroxyl groups excluding tert-OH is 1. The van der Waals surface area contributed by atoms with Gasteiger partial charge in [-0.2, -0.15) is 0 Å². The first-order chi connectivity index (χ1) is 14.6. The largest absolute Gasteiger partial charge is 0.392 e. The molecule has 0 aromatic heterocycles. The average Bonchev–Trinajstić information content (AvgIpc) is 2.70. The number of fused-ring (bicyclic) bond motifs is 1. The molecule has 0 heterocycles. The molecule has 172 valence electrons. The van der Waals surface area contributed by atoms with Crippen LogP contribution in [0.5, 0.6) is 0 Å². The summed E-state index contributed by atoms with van der Waals surface area (Å²) >= 11 is 0. The van der Waals surface area contributed by atoms with E-state index in [0.717, 1.165) is 31.2 Å². The minimum Gasteiger partial charge on any atom is -0.392 e. The van der Waals surface area contributed by atoms with Crippen LogP contribution in [0.15, 0.2) is 30.3 Å². The second kappa shape index (κ2) is 9.72. The summed E-state index contributed by atoms with van der Waals surface area (Å²) in [6.45, 7) is 10.3. The molecule has 3 rings (SSSR count). The molecule has 1 aromatic rings. The smallest absolute Gasteiger partial charge is 0.224 e. The van der Waals surface area contributed by atoms with Crippen molar-refractivity contribution < 1.29 is 14.7 Å². The van der Waals surface area contributed by atoms with E-state index in [1.54, 1.807) is 0 Å². The van der Waals surface area contributed by atoms with Crippen LogP contribution >= 0.6 is 0 Å². The Kier molecular flexibility index (Phi) is 7.46. The summed E-state index contributed by atoms with van der Waals surface area (Å²) in [4.78, 5) is 25.3. The number of rotatable bonds is 6. The molecule has 2 aliphatic rings. The average molecular weight is 429 g/mol. The van der Waals surface area contributed by atoms with E-state index in [1.165, 1.54) is 0 Å². The van der Waals surface area contributed by atoms with E-state index < -0.39 is 6.10 Å². The van der Waals surface area contributed by atoms with Crippen molar-refractivity contribution in [2.75, 3.05) is 0 Å². The molecule has 2 fully saturated rings. The van der Waals surface area contributed by atoms with Gasteiger partial charge in [-0.3, -0.25) is 9.59 Å². The van der Waals surface area contributed by atoms with Crippen molar-refractivity contribution in [1.82, 2.24) is 10.6 Å². The van der Waals surface area contributed by atoms with E-state index >= 15 is 0 Å². The Morgan fingerprint density at radius 2 is 1.77 bits per heavy atom. The Morgan fingerprint density at radius 3 is 2.42 bits per heavy atom. The highest BCUT2D eigenvalue weighted by Crippen LogP contribution is 2.55. The van der Waals surface area contributed by atoms with E-state index in [1.807, 2.05) is 51.1 Å². The van der Waals surface area contributed by atoms with Gasteiger partial charge in [0.15, 0.2) is 0 Å². The first kappa shape index (κ1) is 23.8. The maximum atomic E-state index is 12.7. The standard InChI is InChI=1S/C26H40N2O3/c1-16(2)27-25(31)17(3)20-11-13-26(5)14-12-21(18(4)23(26)24(20)30)28-22(29)15-19-9-7-6-8-10-19/h6-10,16-18,20-21,23-24,30H,11-15H2,1-5H3,(H,27,31)(H,28,29)/t17-,18+,20+,21-,23+,24-,26-/m0/s1. The first-order valence-corrected chi connectivity index (χ1v) is 11.9. The third-order valence-electron chi connectivity index (χ3n) is 7.93. The highest BCUT2D eigenvalue weighted by atomic mass is 16.3. The van der Waals surface area contributed by atoms with Crippen LogP contribution in [-0.2, 0) is 16.0 Å². The summed E-state index contributed by atoms with van der Waals surface area (Å²) < 4.78 is 0. The molecular weight excluding hydrogens is 388 g/mol. The van der Waals surface area contributed by atoms with Crippen molar-refractivity contribution in [2.45, 2.75) is 84.9 Å². The predicted octanol–water partition coefficient (Wildman–Crippen LogP) is 3.70. The van der Waals surface area contributed by atoms with Crippen molar-refractivity contribution in [3.05, 3.63) is 35.9 Å². The van der Waals surface area contributed by atoms with Gasteiger partial charge in [-0.15, -0.1) is 0 Å². The zero-order valence-corrected chi connectivity index (χ0v) is 19.7. The fourth-order valence-corrected chi connectivity index (χ4v) is 6.15. The number of carbonyl (C=O) groups is 2. The van der Waals surface area contributed by atoms with Crippen LogP contribution in [0.4, 0.5) is 0 Å². The van der Waals surface area contributed by atoms with Gasteiger partial charge in [-0.1, -0.05) is 51.1 Å². The molecule has 5 heteroatoms. The fraction of sp³-hybridized carbons (Fsp3) is 0.692. The third-order valence-corrected chi connectivity index (χ3v) is 7.93. The number of hydrogen-bond acceptors (Lipinski definition) is 3. The molecule has 0 aliphatic heterocycles. The van der Waals surface area contributed by atoms with Crippen LogP contribution in [0.1, 0.15) is 65.9 Å². The van der Waals surface area contributed by atoms with E-state index in [9.17, 15) is 14.7 Å². The van der Waals surface area contributed by atoms with Gasteiger partial charge in [0.25, 0.3) is 0 Å². The first-order valence-electron chi connectivity index (χ1n) is 11.9. The molecule has 0 unspecified atom stereocenters. The summed E-state index contributed by atoms with van der Waals surface area (Å²) in [6.07, 6.45) is 3.68. The van der Waals surface area contributed by atoms with Crippen LogP contribution in [0.2, 0.25) is 0 Å². The zero-order chi connectivity index (χ0) is 22.8. The van der Waals surface area contributed by atoms with Crippen molar-refractivity contribution in [3.8, 4) is 0 Å². The molecule has 2 saturated carbocycles. The summed E-state index contributed by atoms with van der Waals surface area (Å²) in [5.41, 5.74) is 1.07. The van der Waals surface area contributed by atoms with Gasteiger partial charge in [0, 0.05) is 18.0 Å². The number of amides is 2. The van der Waals surface area contributed by atoms with E-state index in [0.29, 0.717) is 6.42 Å². The van der Waals surface area contributed by atoms with Crippen molar-refractivity contribution >= 4 is 11.8 Å². The predicted molar refractivity (Wildman–Crippen MR) is 123 cm³/mol. The van der Waals surface area contributed by atoms with Crippen LogP contribution in [0, 0.1) is 29.1 Å². The summed E-state index contributed by atoms with van der Waals surface area (Å²) in [5, 5.41) is 17.7. The topological polar surface area (TPSA) is 78.4 Å². The Bertz CT molecular complexity index is 765. The molecule has 2 aliphatic carbocycles. The van der Waals surface area contributed by atoms with Gasteiger partial charge in [0.05, 0.1) is 12.5 Å². The van der Waals surface area contributed by atoms with Crippen LogP contribution in [0.3, 0.4) is 0 Å². The normalized spacial score (nSPS) is 34.0. The molecule has 1 aromatic carbocycles. The maximum Gasteiger partial charge on any atom is 0.224 e. The Morgan fingerprint density at radius 1 is 1.13 bits per heavy atom. The van der Waals surface area contributed by atoms with Crippen molar-refractivity contribution in [3.63, 3.8) is 0 Å². The minimum absolute atomic E-state index is 0.0267. The van der Waals surface area contributed by atoms with Gasteiger partial charge in [-0.05, 0) is 68.3 Å². The number of aliphatic hydroxyl groups is 1. The molecule has 31 heavy (non-hydrogen) atoms. The molecule has 7 atom stereocenters. The Balaban J connectivity index is 1.69. The molecule has 0 spiro atoms. The molecular formula is C26H40N2O3. The third kappa shape index (κ3) is 5.31. The van der Waals surface area contributed by atoms with Gasteiger partial charge in [0.1, 0.15) is 0 Å². The van der Waals surface area contributed by atoms with Gasteiger partial charge in [0.2, 0.25) is 11.8 Å². The lowest BCUT2D eigenvalue weighted by molar-refractivity contribution is -0.144. The van der Waals surface area contributed by atoms with Crippen LogP contribution in [0.25, 0.3) is 0 Å². The number of hydrogen-bond donors (Lipinski definition) is 3. The molecule has 0 saturated heterocycles. The molecule has 3 N–H and O–H groups in total. The number of nitrogens with one attached hydrogen (secondary N) is 2. The van der Waals surface area contributed by atoms with Crippen molar-refractivity contribution in [1.29, 1.82) is 0 Å². The molecule has 0 radical (unpaired) electrons. The SMILES string of the molecule is CC(C)NC(=O)[C@@H](C)[C@H]1CC[C@@]2(C)CC[C@H](NC(=O)Cc3ccccc3)[C@@H](C)[C@@H]2[C@H]1O. The molecule has 0 bridgehead atoms. The Labute approximate surface area is 187 Å². The monoisotopic (exact) mass is 428 g/mol. The summed E-state index contributed by atoms with van der Waals surface area (Å²) in [7, 11) is 0. The second-order valence-electron chi connectivity index (χ2n) is 10.6. The maximum absolute atomic E-state index is 12.7. The van der Waals surface area contributed by atoms with Crippen LogP contribution in [-0.4, -0.2) is 35.1 Å². The van der Waals surface area contributed by atoms with Crippen LogP contribution < -0.4 is 10.6 Å². The quantitative estimate of drug-likeness (QED) is 0.646. The van der Waals surface area contributed by atoms with Gasteiger partial charge in [-0.25, -0.2) is 0 Å². The lowest BCUT2D eigenvalue weighted by atomic mass is 9.51. The number of benzene rings is 1. The summed E-state index contributed by atoms with van der Waals surface area (Å²) in [5.74, 6) is 0.0465.